The number of aromatic nitrogens is 1. The lowest BCUT2D eigenvalue weighted by Gasteiger charge is -2.37. The monoisotopic (exact) mass is 420 g/mol. The van der Waals surface area contributed by atoms with Gasteiger partial charge >= 0.3 is 5.97 Å². The summed E-state index contributed by atoms with van der Waals surface area (Å²) in [5.74, 6) is -0.365. The Morgan fingerprint density at radius 1 is 1.15 bits per heavy atom. The molecule has 1 unspecified atom stereocenters. The van der Waals surface area contributed by atoms with Crippen LogP contribution >= 0.6 is 24.8 Å². The minimum absolute atomic E-state index is 0. The van der Waals surface area contributed by atoms with E-state index in [0.717, 1.165) is 39.3 Å². The maximum Gasteiger partial charge on any atom is 0.339 e. The van der Waals surface area contributed by atoms with Crippen molar-refractivity contribution in [1.82, 2.24) is 20.1 Å². The lowest BCUT2D eigenvalue weighted by molar-refractivity contribution is 0.0599. The van der Waals surface area contributed by atoms with Crippen LogP contribution in [0.5, 0.6) is 0 Å². The fraction of sp³-hybridized carbons (Fsp3) is 0.667. The Labute approximate surface area is 173 Å². The van der Waals surface area contributed by atoms with Gasteiger partial charge in [0.15, 0.2) is 5.78 Å². The van der Waals surface area contributed by atoms with Gasteiger partial charge in [0, 0.05) is 44.5 Å². The number of Topliss-reactive ketones (excluding diaryl/α,β-unsaturated/α-hetero) is 1. The molecule has 3 heterocycles. The van der Waals surface area contributed by atoms with Crippen molar-refractivity contribution < 1.29 is 14.3 Å². The second kappa shape index (κ2) is 10.4. The first kappa shape index (κ1) is 23.9. The van der Waals surface area contributed by atoms with Gasteiger partial charge in [0.05, 0.1) is 24.9 Å². The van der Waals surface area contributed by atoms with Gasteiger partial charge in [-0.1, -0.05) is 0 Å². The van der Waals surface area contributed by atoms with E-state index >= 15 is 0 Å². The predicted octanol–water partition coefficient (Wildman–Crippen LogP) is 1.42. The Bertz CT molecular complexity index is 651. The van der Waals surface area contributed by atoms with E-state index in [4.69, 9.17) is 4.74 Å². The number of aromatic amines is 1. The SMILES string of the molecule is COC(=O)c1c(C)[nH]c(C(=O)CN2CCN(C3CCNC3)CC2)c1C.Cl.Cl. The van der Waals surface area contributed by atoms with Crippen LogP contribution in [0.3, 0.4) is 0 Å². The van der Waals surface area contributed by atoms with Crippen molar-refractivity contribution in [3.63, 3.8) is 0 Å². The van der Waals surface area contributed by atoms with Gasteiger partial charge in [-0.05, 0) is 32.4 Å². The number of ether oxygens (including phenoxy) is 1. The van der Waals surface area contributed by atoms with E-state index in [1.165, 1.54) is 13.5 Å². The van der Waals surface area contributed by atoms with Gasteiger partial charge in [0.1, 0.15) is 0 Å². The van der Waals surface area contributed by atoms with Gasteiger partial charge in [0.2, 0.25) is 0 Å². The average molecular weight is 421 g/mol. The normalized spacial score (nSPS) is 20.6. The minimum atomic E-state index is -0.399. The Kier molecular flexibility index (Phi) is 9.24. The van der Waals surface area contributed by atoms with E-state index in [0.29, 0.717) is 35.1 Å². The zero-order chi connectivity index (χ0) is 18.0. The number of hydrogen-bond acceptors (Lipinski definition) is 6. The number of ketones is 1. The summed E-state index contributed by atoms with van der Waals surface area (Å²) in [6.45, 7) is 10.0. The van der Waals surface area contributed by atoms with Crippen LogP contribution in [-0.4, -0.2) is 85.5 Å². The number of hydrogen-bond donors (Lipinski definition) is 2. The summed E-state index contributed by atoms with van der Waals surface area (Å²) in [5, 5.41) is 3.41. The molecule has 27 heavy (non-hydrogen) atoms. The molecule has 0 bridgehead atoms. The maximum atomic E-state index is 12.7. The van der Waals surface area contributed by atoms with Crippen LogP contribution in [0.15, 0.2) is 0 Å². The molecule has 1 aromatic rings. The number of nitrogens with one attached hydrogen (secondary N) is 2. The Morgan fingerprint density at radius 3 is 2.37 bits per heavy atom. The van der Waals surface area contributed by atoms with Crippen LogP contribution < -0.4 is 5.32 Å². The molecule has 9 heteroatoms. The van der Waals surface area contributed by atoms with E-state index < -0.39 is 5.97 Å². The van der Waals surface area contributed by atoms with Gasteiger partial charge in [-0.15, -0.1) is 24.8 Å². The smallest absolute Gasteiger partial charge is 0.339 e. The number of aryl methyl sites for hydroxylation is 1. The molecule has 2 saturated heterocycles. The molecule has 1 atom stereocenters. The number of piperazine rings is 1. The second-order valence-electron chi connectivity index (χ2n) is 7.00. The number of nitrogens with zero attached hydrogens (tertiary/aromatic N) is 2. The zero-order valence-electron chi connectivity index (χ0n) is 16.2. The standard InChI is InChI=1S/C18H28N4O3.2ClH/c1-12-16(18(24)25-3)13(2)20-17(12)15(23)11-21-6-8-22(9-7-21)14-4-5-19-10-14;;/h14,19-20H,4-11H2,1-3H3;2*1H. The predicted molar refractivity (Wildman–Crippen MR) is 110 cm³/mol. The van der Waals surface area contributed by atoms with Crippen LogP contribution in [0.2, 0.25) is 0 Å². The lowest BCUT2D eigenvalue weighted by Crippen LogP contribution is -2.51. The summed E-state index contributed by atoms with van der Waals surface area (Å²) in [6, 6.07) is 0.647. The Hall–Kier alpha value is -1.12. The van der Waals surface area contributed by atoms with Crippen molar-refractivity contribution >= 4 is 36.6 Å². The molecule has 2 aliphatic heterocycles. The molecule has 0 saturated carbocycles. The molecular formula is C18H30Cl2N4O3. The minimum Gasteiger partial charge on any atom is -0.465 e. The van der Waals surface area contributed by atoms with Gasteiger partial charge in [-0.25, -0.2) is 4.79 Å². The molecule has 0 amide bonds. The van der Waals surface area contributed by atoms with E-state index in [9.17, 15) is 9.59 Å². The average Bonchev–Trinajstić information content (AvgIpc) is 3.23. The van der Waals surface area contributed by atoms with Crippen LogP contribution in [0, 0.1) is 13.8 Å². The number of halogens is 2. The summed E-state index contributed by atoms with van der Waals surface area (Å²) >= 11 is 0. The van der Waals surface area contributed by atoms with Crippen LogP contribution in [0.4, 0.5) is 0 Å². The molecule has 0 radical (unpaired) electrons. The van der Waals surface area contributed by atoms with E-state index in [1.54, 1.807) is 13.8 Å². The van der Waals surface area contributed by atoms with E-state index in [2.05, 4.69) is 20.1 Å². The summed E-state index contributed by atoms with van der Waals surface area (Å²) in [7, 11) is 1.36. The number of carbonyl (C=O) groups excluding carboxylic acids is 2. The highest BCUT2D eigenvalue weighted by Gasteiger charge is 2.28. The highest BCUT2D eigenvalue weighted by molar-refractivity contribution is 6.02. The topological polar surface area (TPSA) is 77.7 Å². The van der Waals surface area contributed by atoms with Gasteiger partial charge in [-0.2, -0.15) is 0 Å². The molecule has 0 aromatic carbocycles. The lowest BCUT2D eigenvalue weighted by atomic mass is 10.1. The van der Waals surface area contributed by atoms with Crippen molar-refractivity contribution in [3.8, 4) is 0 Å². The number of esters is 1. The molecule has 2 N–H and O–H groups in total. The van der Waals surface area contributed by atoms with Crippen molar-refractivity contribution in [1.29, 1.82) is 0 Å². The van der Waals surface area contributed by atoms with Crippen molar-refractivity contribution in [2.75, 3.05) is 52.9 Å². The number of methoxy groups -OCH3 is 1. The summed E-state index contributed by atoms with van der Waals surface area (Å²) in [6.07, 6.45) is 1.22. The van der Waals surface area contributed by atoms with Gasteiger partial charge in [0.25, 0.3) is 0 Å². The first-order valence-corrected chi connectivity index (χ1v) is 8.99. The molecule has 0 aliphatic carbocycles. The highest BCUT2D eigenvalue weighted by atomic mass is 35.5. The molecule has 7 nitrogen and oxygen atoms in total. The van der Waals surface area contributed by atoms with Crippen molar-refractivity contribution in [3.05, 3.63) is 22.5 Å². The molecule has 0 spiro atoms. The van der Waals surface area contributed by atoms with E-state index in [1.807, 2.05) is 0 Å². The van der Waals surface area contributed by atoms with E-state index in [-0.39, 0.29) is 30.6 Å². The van der Waals surface area contributed by atoms with Crippen LogP contribution in [-0.2, 0) is 4.74 Å². The number of carbonyl (C=O) groups is 2. The fourth-order valence-corrected chi connectivity index (χ4v) is 3.96. The number of H-pyrrole nitrogens is 1. The van der Waals surface area contributed by atoms with Gasteiger partial charge < -0.3 is 15.0 Å². The Morgan fingerprint density at radius 2 is 1.81 bits per heavy atom. The third-order valence-corrected chi connectivity index (χ3v) is 5.43. The fourth-order valence-electron chi connectivity index (χ4n) is 3.96. The second-order valence-corrected chi connectivity index (χ2v) is 7.00. The van der Waals surface area contributed by atoms with Crippen LogP contribution in [0.25, 0.3) is 0 Å². The molecule has 2 fully saturated rings. The van der Waals surface area contributed by atoms with Crippen molar-refractivity contribution in [2.24, 2.45) is 0 Å². The molecule has 1 aromatic heterocycles. The zero-order valence-corrected chi connectivity index (χ0v) is 17.8. The molecule has 2 aliphatic rings. The van der Waals surface area contributed by atoms with Gasteiger partial charge in [-0.3, -0.25) is 14.6 Å². The first-order valence-electron chi connectivity index (χ1n) is 8.99. The summed E-state index contributed by atoms with van der Waals surface area (Å²) in [5.41, 5.74) is 2.38. The third-order valence-electron chi connectivity index (χ3n) is 5.43. The summed E-state index contributed by atoms with van der Waals surface area (Å²) < 4.78 is 4.81. The molecule has 3 rings (SSSR count). The molecule has 154 valence electrons. The number of rotatable bonds is 5. The molecular weight excluding hydrogens is 391 g/mol. The largest absolute Gasteiger partial charge is 0.465 e. The Balaban J connectivity index is 0.00000182. The quantitative estimate of drug-likeness (QED) is 0.553. The van der Waals surface area contributed by atoms with Crippen LogP contribution in [0.1, 0.15) is 38.5 Å². The third kappa shape index (κ3) is 5.23. The van der Waals surface area contributed by atoms with Crippen molar-refractivity contribution in [2.45, 2.75) is 26.3 Å². The summed E-state index contributed by atoms with van der Waals surface area (Å²) in [4.78, 5) is 32.4. The first-order chi connectivity index (χ1) is 12.0. The highest BCUT2D eigenvalue weighted by Crippen LogP contribution is 2.20. The maximum absolute atomic E-state index is 12.7.